The van der Waals surface area contributed by atoms with Crippen molar-refractivity contribution in [3.8, 4) is 0 Å². The summed E-state index contributed by atoms with van der Waals surface area (Å²) in [6.07, 6.45) is 15.9. The number of carbonyl (C=O) groups is 12. The number of nitrogens with zero attached hydrogens (tertiary/aromatic N) is 1. The molecule has 0 radical (unpaired) electrons. The number of hydrogen-bond acceptors (Lipinski definition) is 15. The molecule has 0 spiro atoms. The van der Waals surface area contributed by atoms with E-state index in [1.165, 1.54) is 76.5 Å². The fraction of sp³-hybridized carbons (Fsp3) is 0.769. The third-order valence-electron chi connectivity index (χ3n) is 16.6. The van der Waals surface area contributed by atoms with E-state index in [1.807, 2.05) is 0 Å². The minimum Gasteiger partial charge on any atom is -0.370 e. The Kier molecular flexibility index (Phi) is 43.0. The lowest BCUT2D eigenvalue weighted by molar-refractivity contribution is -0.143. The number of primary amides is 2. The van der Waals surface area contributed by atoms with Crippen LogP contribution in [-0.4, -0.2) is 180 Å². The second-order valence-electron chi connectivity index (χ2n) is 26.6. The van der Waals surface area contributed by atoms with Crippen molar-refractivity contribution in [3.63, 3.8) is 0 Å². The Morgan fingerprint density at radius 3 is 1.28 bits per heavy atom. The lowest BCUT2D eigenvalue weighted by Crippen LogP contribution is -2.61. The summed E-state index contributed by atoms with van der Waals surface area (Å²) < 4.78 is 0. The lowest BCUT2D eigenvalue weighted by Gasteiger charge is -2.32. The van der Waals surface area contributed by atoms with Gasteiger partial charge >= 0.3 is 0 Å². The summed E-state index contributed by atoms with van der Waals surface area (Å²) in [5.74, 6) is -11.5. The first-order chi connectivity index (χ1) is 46.2. The highest BCUT2D eigenvalue weighted by atomic mass is 16.2. The van der Waals surface area contributed by atoms with Crippen molar-refractivity contribution in [1.82, 2.24) is 68.7 Å². The third-order valence-corrected chi connectivity index (χ3v) is 16.6. The van der Waals surface area contributed by atoms with Gasteiger partial charge in [-0.05, 0) is 95.8 Å². The molecule has 1 rings (SSSR count). The van der Waals surface area contributed by atoms with Gasteiger partial charge < -0.3 is 97.4 Å². The van der Waals surface area contributed by atoms with E-state index in [9.17, 15) is 57.5 Å². The minimum absolute atomic E-state index is 0.0725. The molecular weight excluding hydrogens is 1270 g/mol. The van der Waals surface area contributed by atoms with Gasteiger partial charge in [-0.25, -0.2) is 0 Å². The number of amides is 12. The predicted octanol–water partition coefficient (Wildman–Crippen LogP) is -0.630. The third kappa shape index (κ3) is 36.7. The van der Waals surface area contributed by atoms with E-state index in [4.69, 9.17) is 44.9 Å². The van der Waals surface area contributed by atoms with E-state index in [1.54, 1.807) is 41.5 Å². The molecule has 0 aromatic carbocycles. The summed E-state index contributed by atoms with van der Waals surface area (Å²) in [5.41, 5.74) is 27.3. The van der Waals surface area contributed by atoms with Gasteiger partial charge in [0, 0.05) is 32.6 Å². The van der Waals surface area contributed by atoms with Crippen LogP contribution in [-0.2, 0) is 57.5 Å². The van der Waals surface area contributed by atoms with E-state index in [-0.39, 0.29) is 120 Å². The Labute approximate surface area is 578 Å². The molecule has 1 aliphatic rings. The van der Waals surface area contributed by atoms with Crippen LogP contribution in [0, 0.1) is 34.0 Å². The molecule has 33 nitrogen and oxygen atoms in total. The largest absolute Gasteiger partial charge is 0.370 e. The topological polar surface area (TPSA) is 554 Å². The van der Waals surface area contributed by atoms with Crippen LogP contribution in [0.5, 0.6) is 0 Å². The molecule has 1 fully saturated rings. The normalized spacial score (nSPS) is 15.5. The summed E-state index contributed by atoms with van der Waals surface area (Å²) in [6, 6.07) is -12.9. The average Bonchev–Trinajstić information content (AvgIpc) is 1.60. The fourth-order valence-corrected chi connectivity index (χ4v) is 11.0. The molecule has 0 aliphatic carbocycles. The SMILES string of the molecule is CCCCCCCCCCCCCCCC(=O)N[C@H](C(=O)N[C@@H](CCCNC(=N)N)C(=O)N1CCC[C@H]1C(=O)N[C@H](C(=O)N[C@@H](C)C(=O)N[C@@H](CC(N)=O)C(=O)N[C@@H](C)C(=O)N[C@@H](CCCNC(=N)N)C(=O)N[C@@H](CC(C)C)C(=O)NC(CCCNC(=N)N)C(N)=O)C(C)C)C(C)C. The van der Waals surface area contributed by atoms with Crippen LogP contribution >= 0.6 is 0 Å². The van der Waals surface area contributed by atoms with Crippen LogP contribution < -0.4 is 92.5 Å². The van der Waals surface area contributed by atoms with Crippen molar-refractivity contribution in [2.24, 2.45) is 46.4 Å². The van der Waals surface area contributed by atoms with E-state index in [0.29, 0.717) is 12.8 Å². The Balaban J connectivity index is 3.19. The number of nitrogens with one attached hydrogen (secondary N) is 15. The van der Waals surface area contributed by atoms with Gasteiger partial charge in [0.25, 0.3) is 0 Å². The molecule has 0 aromatic rings. The fourth-order valence-electron chi connectivity index (χ4n) is 11.0. The van der Waals surface area contributed by atoms with Crippen LogP contribution in [0.15, 0.2) is 0 Å². The van der Waals surface area contributed by atoms with Crippen LogP contribution in [0.1, 0.15) is 216 Å². The highest BCUT2D eigenvalue weighted by molar-refractivity contribution is 6.00. The first-order valence-electron chi connectivity index (χ1n) is 35.0. The summed E-state index contributed by atoms with van der Waals surface area (Å²) in [7, 11) is 0. The summed E-state index contributed by atoms with van der Waals surface area (Å²) in [4.78, 5) is 165. The molecule has 1 unspecified atom stereocenters. The quantitative estimate of drug-likeness (QED) is 0.0205. The minimum atomic E-state index is -1.71. The lowest BCUT2D eigenvalue weighted by atomic mass is 10.0. The standard InChI is InChI=1S/C65H121N21O12/c1-10-11-12-13-14-15-16-17-18-19-20-21-22-31-50(88)84-51(39(4)5)61(97)81-45(29-25-34-76-65(72)73)62(98)86-35-26-30-48(86)59(95)85-52(40(6)7)60(96)78-42(9)55(91)82-47(37-49(66)87)57(93)77-41(8)54(90)80-44(28-24-33-75-64(70)71)56(92)83-46(36-38(2)3)58(94)79-43(53(67)89)27-23-32-74-63(68)69/h38-48,51-52H,10-37H2,1-9H3,(H2,66,87)(H2,67,89)(H,77,93)(H,78,96)(H,79,94)(H,80,90)(H,81,97)(H,82,91)(H,83,92)(H,84,88)(H,85,95)(H4,68,69,74)(H4,70,71,75)(H4,72,73,76)/t41-,42-,43?,44-,45-,46-,47-,48-,51-,52-/m0/s1. The first-order valence-corrected chi connectivity index (χ1v) is 35.0. The molecule has 33 heteroatoms. The van der Waals surface area contributed by atoms with E-state index >= 15 is 0 Å². The Morgan fingerprint density at radius 2 is 0.816 bits per heavy atom. The van der Waals surface area contributed by atoms with Gasteiger partial charge in [-0.1, -0.05) is 126 Å². The maximum absolute atomic E-state index is 14.5. The highest BCUT2D eigenvalue weighted by Gasteiger charge is 2.41. The van der Waals surface area contributed by atoms with Gasteiger partial charge in [-0.15, -0.1) is 0 Å². The summed E-state index contributed by atoms with van der Waals surface area (Å²) in [6.45, 7) is 15.8. The Morgan fingerprint density at radius 1 is 0.429 bits per heavy atom. The number of hydrogen-bond donors (Lipinski definition) is 20. The number of nitrogens with two attached hydrogens (primary N) is 5. The molecule has 0 bridgehead atoms. The van der Waals surface area contributed by atoms with Gasteiger partial charge in [-0.2, -0.15) is 0 Å². The molecule has 1 heterocycles. The van der Waals surface area contributed by atoms with Crippen LogP contribution in [0.3, 0.4) is 0 Å². The van der Waals surface area contributed by atoms with Crippen LogP contribution in [0.2, 0.25) is 0 Å². The van der Waals surface area contributed by atoms with Crippen molar-refractivity contribution < 1.29 is 57.5 Å². The van der Waals surface area contributed by atoms with Crippen molar-refractivity contribution in [1.29, 1.82) is 16.2 Å². The molecule has 558 valence electrons. The monoisotopic (exact) mass is 1390 g/mol. The zero-order valence-electron chi connectivity index (χ0n) is 59.5. The number of guanidine groups is 3. The Hall–Kier alpha value is -8.55. The van der Waals surface area contributed by atoms with Gasteiger partial charge in [0.05, 0.1) is 6.42 Å². The van der Waals surface area contributed by atoms with Crippen LogP contribution in [0.25, 0.3) is 0 Å². The first kappa shape index (κ1) is 87.5. The van der Waals surface area contributed by atoms with Gasteiger partial charge in [0.15, 0.2) is 17.9 Å². The van der Waals surface area contributed by atoms with Crippen molar-refractivity contribution in [2.75, 3.05) is 26.2 Å². The molecule has 25 N–H and O–H groups in total. The van der Waals surface area contributed by atoms with E-state index < -0.39 is 138 Å². The molecule has 0 saturated carbocycles. The molecule has 98 heavy (non-hydrogen) atoms. The highest BCUT2D eigenvalue weighted by Crippen LogP contribution is 2.22. The average molecular weight is 1390 g/mol. The maximum atomic E-state index is 14.5. The molecular formula is C65H121N21O12. The summed E-state index contributed by atoms with van der Waals surface area (Å²) in [5, 5.41) is 53.7. The number of likely N-dealkylation sites (tertiary alicyclic amines) is 1. The molecule has 1 aliphatic heterocycles. The summed E-state index contributed by atoms with van der Waals surface area (Å²) >= 11 is 0. The van der Waals surface area contributed by atoms with Gasteiger partial charge in [0.1, 0.15) is 60.4 Å². The molecule has 0 aromatic heterocycles. The zero-order valence-corrected chi connectivity index (χ0v) is 59.5. The molecule has 10 atom stereocenters. The van der Waals surface area contributed by atoms with Crippen molar-refractivity contribution in [3.05, 3.63) is 0 Å². The molecule has 12 amide bonds. The predicted molar refractivity (Wildman–Crippen MR) is 373 cm³/mol. The zero-order chi connectivity index (χ0) is 74.0. The number of rotatable bonds is 51. The van der Waals surface area contributed by atoms with Gasteiger partial charge in [-0.3, -0.25) is 73.8 Å². The maximum Gasteiger partial charge on any atom is 0.245 e. The van der Waals surface area contributed by atoms with Gasteiger partial charge in [0.2, 0.25) is 70.9 Å². The van der Waals surface area contributed by atoms with Crippen molar-refractivity contribution >= 4 is 88.8 Å². The van der Waals surface area contributed by atoms with E-state index in [0.717, 1.165) is 19.3 Å². The Bertz CT molecular complexity index is 2610. The molecule has 1 saturated heterocycles. The van der Waals surface area contributed by atoms with Crippen LogP contribution in [0.4, 0.5) is 0 Å². The van der Waals surface area contributed by atoms with E-state index in [2.05, 4.69) is 70.7 Å². The van der Waals surface area contributed by atoms with Crippen molar-refractivity contribution in [2.45, 2.75) is 277 Å². The second kappa shape index (κ2) is 48.2. The second-order valence-corrected chi connectivity index (χ2v) is 26.6. The number of carbonyl (C=O) groups excluding carboxylic acids is 12. The number of unbranched alkanes of at least 4 members (excludes halogenated alkanes) is 12. The smallest absolute Gasteiger partial charge is 0.245 e.